The molecule has 1 aromatic rings. The molecule has 0 bridgehead atoms. The lowest BCUT2D eigenvalue weighted by Gasteiger charge is -2.15. The van der Waals surface area contributed by atoms with E-state index in [-0.39, 0.29) is 12.1 Å². The molecular formula is C9H16N4O. The van der Waals surface area contributed by atoms with Crippen LogP contribution in [0.2, 0.25) is 0 Å². The molecule has 0 radical (unpaired) electrons. The Balaban J connectivity index is 2.01. The Morgan fingerprint density at radius 3 is 3.00 bits per heavy atom. The average Bonchev–Trinajstić information content (AvgIpc) is 2.74. The average molecular weight is 196 g/mol. The highest BCUT2D eigenvalue weighted by atomic mass is 16.3. The fourth-order valence-corrected chi connectivity index (χ4v) is 1.97. The lowest BCUT2D eigenvalue weighted by Crippen LogP contribution is -2.28. The Bertz CT molecular complexity index is 274. The van der Waals surface area contributed by atoms with Gasteiger partial charge in [0.25, 0.3) is 0 Å². The van der Waals surface area contributed by atoms with Crippen molar-refractivity contribution in [2.75, 3.05) is 26.2 Å². The van der Waals surface area contributed by atoms with E-state index in [1.807, 2.05) is 10.8 Å². The van der Waals surface area contributed by atoms with E-state index < -0.39 is 0 Å². The third-order valence-corrected chi connectivity index (χ3v) is 2.69. The van der Waals surface area contributed by atoms with Crippen LogP contribution in [0.3, 0.4) is 0 Å². The van der Waals surface area contributed by atoms with Crippen molar-refractivity contribution >= 4 is 0 Å². The number of likely N-dealkylation sites (tertiary alicyclic amines) is 1. The van der Waals surface area contributed by atoms with Crippen molar-refractivity contribution in [1.82, 2.24) is 14.5 Å². The molecule has 14 heavy (non-hydrogen) atoms. The van der Waals surface area contributed by atoms with Gasteiger partial charge in [-0.2, -0.15) is 0 Å². The first kappa shape index (κ1) is 9.64. The van der Waals surface area contributed by atoms with Gasteiger partial charge in [0.15, 0.2) is 0 Å². The monoisotopic (exact) mass is 196 g/mol. The number of nitrogens with zero attached hydrogens (tertiary/aromatic N) is 3. The van der Waals surface area contributed by atoms with Crippen LogP contribution < -0.4 is 5.73 Å². The normalized spacial score (nSPS) is 28.4. The van der Waals surface area contributed by atoms with Crippen molar-refractivity contribution in [2.24, 2.45) is 5.73 Å². The zero-order chi connectivity index (χ0) is 9.97. The van der Waals surface area contributed by atoms with Crippen LogP contribution in [0.5, 0.6) is 0 Å². The summed E-state index contributed by atoms with van der Waals surface area (Å²) in [7, 11) is 0. The molecule has 2 heterocycles. The number of β-amino-alcohol motifs (C(OH)–C–C–N with tert-alkyl or cyclic N) is 1. The lowest BCUT2D eigenvalue weighted by molar-refractivity contribution is 0.144. The summed E-state index contributed by atoms with van der Waals surface area (Å²) in [5.41, 5.74) is 5.48. The van der Waals surface area contributed by atoms with Gasteiger partial charge in [0.2, 0.25) is 0 Å². The Morgan fingerprint density at radius 2 is 2.36 bits per heavy atom. The van der Waals surface area contributed by atoms with Gasteiger partial charge in [-0.1, -0.05) is 0 Å². The summed E-state index contributed by atoms with van der Waals surface area (Å²) in [6.07, 6.45) is 5.06. The first-order valence-corrected chi connectivity index (χ1v) is 4.89. The molecule has 1 aliphatic heterocycles. The molecule has 1 saturated heterocycles. The summed E-state index contributed by atoms with van der Waals surface area (Å²) in [6, 6.07) is 0.129. The SMILES string of the molecule is NCCN1CC(O)C(n2ccnc2)C1. The molecule has 0 aromatic carbocycles. The van der Waals surface area contributed by atoms with Crippen LogP contribution in [-0.4, -0.2) is 51.8 Å². The molecule has 5 heteroatoms. The predicted molar refractivity (Wildman–Crippen MR) is 52.8 cm³/mol. The minimum absolute atomic E-state index is 0.129. The van der Waals surface area contributed by atoms with E-state index in [0.717, 1.165) is 13.1 Å². The van der Waals surface area contributed by atoms with Crippen molar-refractivity contribution in [2.45, 2.75) is 12.1 Å². The van der Waals surface area contributed by atoms with E-state index >= 15 is 0 Å². The molecule has 2 atom stereocenters. The maximum Gasteiger partial charge on any atom is 0.0949 e. The van der Waals surface area contributed by atoms with E-state index in [1.54, 1.807) is 12.5 Å². The number of imidazole rings is 1. The summed E-state index contributed by atoms with van der Waals surface area (Å²) in [6.45, 7) is 3.06. The summed E-state index contributed by atoms with van der Waals surface area (Å²) in [5, 5.41) is 9.83. The first-order valence-electron chi connectivity index (χ1n) is 4.89. The molecule has 78 valence electrons. The van der Waals surface area contributed by atoms with Crippen LogP contribution >= 0.6 is 0 Å². The van der Waals surface area contributed by atoms with E-state index in [4.69, 9.17) is 5.73 Å². The van der Waals surface area contributed by atoms with Crippen molar-refractivity contribution in [1.29, 1.82) is 0 Å². The van der Waals surface area contributed by atoms with Crippen LogP contribution in [0.25, 0.3) is 0 Å². The van der Waals surface area contributed by atoms with Crippen LogP contribution in [-0.2, 0) is 0 Å². The Labute approximate surface area is 83.1 Å². The number of rotatable bonds is 3. The van der Waals surface area contributed by atoms with Crippen molar-refractivity contribution < 1.29 is 5.11 Å². The van der Waals surface area contributed by atoms with Gasteiger partial charge in [-0.25, -0.2) is 4.98 Å². The molecule has 5 nitrogen and oxygen atoms in total. The summed E-state index contributed by atoms with van der Waals surface area (Å²) in [5.74, 6) is 0. The Hall–Kier alpha value is -0.910. The molecule has 0 amide bonds. The van der Waals surface area contributed by atoms with Gasteiger partial charge in [0, 0.05) is 38.6 Å². The number of aliphatic hydroxyl groups excluding tert-OH is 1. The van der Waals surface area contributed by atoms with Crippen molar-refractivity contribution in [3.8, 4) is 0 Å². The molecule has 0 saturated carbocycles. The number of aromatic nitrogens is 2. The number of nitrogens with two attached hydrogens (primary N) is 1. The van der Waals surface area contributed by atoms with Crippen molar-refractivity contribution in [3.05, 3.63) is 18.7 Å². The van der Waals surface area contributed by atoms with Gasteiger partial charge in [0.1, 0.15) is 0 Å². The molecule has 0 aliphatic carbocycles. The van der Waals surface area contributed by atoms with Gasteiger partial charge in [-0.15, -0.1) is 0 Å². The smallest absolute Gasteiger partial charge is 0.0949 e. The van der Waals surface area contributed by atoms with Crippen LogP contribution in [0.1, 0.15) is 6.04 Å². The zero-order valence-corrected chi connectivity index (χ0v) is 8.08. The molecule has 3 N–H and O–H groups in total. The standard InChI is InChI=1S/C9H16N4O/c10-1-3-12-5-8(9(14)6-12)13-4-2-11-7-13/h2,4,7-9,14H,1,3,5-6,10H2. The van der Waals surface area contributed by atoms with E-state index in [0.29, 0.717) is 13.1 Å². The van der Waals surface area contributed by atoms with Crippen LogP contribution in [0.4, 0.5) is 0 Å². The topological polar surface area (TPSA) is 67.3 Å². The minimum atomic E-state index is -0.309. The highest BCUT2D eigenvalue weighted by molar-refractivity contribution is 4.92. The summed E-state index contributed by atoms with van der Waals surface area (Å²) in [4.78, 5) is 6.16. The molecule has 1 aromatic heterocycles. The Kier molecular flexibility index (Phi) is 2.81. The molecule has 2 unspecified atom stereocenters. The maximum absolute atomic E-state index is 9.83. The molecule has 1 aliphatic rings. The van der Waals surface area contributed by atoms with Gasteiger partial charge in [0.05, 0.1) is 18.5 Å². The zero-order valence-electron chi connectivity index (χ0n) is 8.08. The van der Waals surface area contributed by atoms with Gasteiger partial charge in [-0.3, -0.25) is 4.90 Å². The third kappa shape index (κ3) is 1.79. The fourth-order valence-electron chi connectivity index (χ4n) is 1.97. The van der Waals surface area contributed by atoms with Gasteiger partial charge >= 0.3 is 0 Å². The number of hydrogen-bond acceptors (Lipinski definition) is 4. The molecule has 2 rings (SSSR count). The third-order valence-electron chi connectivity index (χ3n) is 2.69. The summed E-state index contributed by atoms with van der Waals surface area (Å²) < 4.78 is 1.96. The maximum atomic E-state index is 9.83. The summed E-state index contributed by atoms with van der Waals surface area (Å²) >= 11 is 0. The predicted octanol–water partition coefficient (Wildman–Crippen LogP) is -0.941. The van der Waals surface area contributed by atoms with E-state index in [9.17, 15) is 5.11 Å². The first-order chi connectivity index (χ1) is 6.81. The second kappa shape index (κ2) is 4.08. The lowest BCUT2D eigenvalue weighted by atomic mass is 10.2. The van der Waals surface area contributed by atoms with Gasteiger partial charge in [-0.05, 0) is 0 Å². The fraction of sp³-hybridized carbons (Fsp3) is 0.667. The quantitative estimate of drug-likeness (QED) is 0.654. The Morgan fingerprint density at radius 1 is 1.50 bits per heavy atom. The second-order valence-corrected chi connectivity index (χ2v) is 3.69. The van der Waals surface area contributed by atoms with E-state index in [1.165, 1.54) is 0 Å². The second-order valence-electron chi connectivity index (χ2n) is 3.69. The van der Waals surface area contributed by atoms with Crippen LogP contribution in [0, 0.1) is 0 Å². The van der Waals surface area contributed by atoms with Crippen LogP contribution in [0.15, 0.2) is 18.7 Å². The largest absolute Gasteiger partial charge is 0.390 e. The minimum Gasteiger partial charge on any atom is -0.390 e. The highest BCUT2D eigenvalue weighted by Crippen LogP contribution is 2.21. The van der Waals surface area contributed by atoms with Gasteiger partial charge < -0.3 is 15.4 Å². The number of hydrogen-bond donors (Lipinski definition) is 2. The van der Waals surface area contributed by atoms with E-state index in [2.05, 4.69) is 9.88 Å². The molecule has 1 fully saturated rings. The van der Waals surface area contributed by atoms with Crippen molar-refractivity contribution in [3.63, 3.8) is 0 Å². The highest BCUT2D eigenvalue weighted by Gasteiger charge is 2.31. The molecular weight excluding hydrogens is 180 g/mol. The number of aliphatic hydroxyl groups is 1. The molecule has 0 spiro atoms.